The lowest BCUT2D eigenvalue weighted by molar-refractivity contribution is -0.124. The Morgan fingerprint density at radius 1 is 1.27 bits per heavy atom. The lowest BCUT2D eigenvalue weighted by Crippen LogP contribution is -2.55. The number of rotatable bonds is 4. The minimum absolute atomic E-state index is 0.0444. The van der Waals surface area contributed by atoms with Crippen molar-refractivity contribution in [3.63, 3.8) is 0 Å². The van der Waals surface area contributed by atoms with Crippen molar-refractivity contribution in [1.29, 1.82) is 0 Å². The molecular weight excluding hydrogens is 210 g/mol. The number of carbonyl (C=O) groups is 1. The number of alkyl halides is 1. The van der Waals surface area contributed by atoms with E-state index >= 15 is 0 Å². The van der Waals surface area contributed by atoms with Gasteiger partial charge in [0, 0.05) is 12.3 Å². The molecule has 3 heteroatoms. The second kappa shape index (κ2) is 4.73. The van der Waals surface area contributed by atoms with Crippen molar-refractivity contribution in [1.82, 2.24) is 5.32 Å². The molecule has 2 aliphatic rings. The number of amides is 1. The van der Waals surface area contributed by atoms with Crippen LogP contribution in [-0.2, 0) is 4.79 Å². The van der Waals surface area contributed by atoms with Crippen LogP contribution in [0.1, 0.15) is 51.4 Å². The number of halogens is 1. The van der Waals surface area contributed by atoms with Gasteiger partial charge in [-0.25, -0.2) is 0 Å². The smallest absolute Gasteiger partial charge is 0.220 e. The molecule has 2 aliphatic carbocycles. The maximum absolute atomic E-state index is 11.8. The maximum atomic E-state index is 11.8. The van der Waals surface area contributed by atoms with Crippen LogP contribution in [0.2, 0.25) is 0 Å². The lowest BCUT2D eigenvalue weighted by atomic mass is 9.78. The van der Waals surface area contributed by atoms with Gasteiger partial charge in [-0.15, -0.1) is 11.6 Å². The van der Waals surface area contributed by atoms with E-state index in [2.05, 4.69) is 5.32 Å². The zero-order valence-electron chi connectivity index (χ0n) is 9.23. The molecule has 2 rings (SSSR count). The molecule has 0 heterocycles. The van der Waals surface area contributed by atoms with Gasteiger partial charge in [0.05, 0.1) is 5.54 Å². The van der Waals surface area contributed by atoms with Gasteiger partial charge in [0.25, 0.3) is 0 Å². The van der Waals surface area contributed by atoms with Crippen LogP contribution < -0.4 is 5.32 Å². The van der Waals surface area contributed by atoms with E-state index in [9.17, 15) is 4.79 Å². The van der Waals surface area contributed by atoms with Gasteiger partial charge in [-0.2, -0.15) is 0 Å². The van der Waals surface area contributed by atoms with Crippen LogP contribution in [0.5, 0.6) is 0 Å². The Hall–Kier alpha value is -0.240. The molecule has 0 aromatic rings. The Kier molecular flexibility index (Phi) is 3.55. The van der Waals surface area contributed by atoms with E-state index in [1.165, 1.54) is 32.1 Å². The number of carbonyl (C=O) groups excluding carboxylic acids is 1. The fourth-order valence-electron chi connectivity index (χ4n) is 2.72. The first-order valence-corrected chi connectivity index (χ1v) is 6.64. The van der Waals surface area contributed by atoms with Crippen molar-refractivity contribution < 1.29 is 4.79 Å². The normalized spacial score (nSPS) is 24.9. The Bertz CT molecular complexity index is 226. The predicted molar refractivity (Wildman–Crippen MR) is 62.0 cm³/mol. The summed E-state index contributed by atoms with van der Waals surface area (Å²) in [5.41, 5.74) is -0.0444. The van der Waals surface area contributed by atoms with E-state index in [4.69, 9.17) is 11.6 Å². The monoisotopic (exact) mass is 229 g/mol. The van der Waals surface area contributed by atoms with Gasteiger partial charge >= 0.3 is 0 Å². The third-order valence-electron chi connectivity index (χ3n) is 3.92. The molecule has 0 atom stereocenters. The minimum Gasteiger partial charge on any atom is -0.349 e. The van der Waals surface area contributed by atoms with E-state index in [1.807, 2.05) is 0 Å². The molecule has 1 N–H and O–H groups in total. The molecule has 0 spiro atoms. The van der Waals surface area contributed by atoms with Crippen molar-refractivity contribution in [2.45, 2.75) is 56.9 Å². The highest BCUT2D eigenvalue weighted by molar-refractivity contribution is 6.18. The third-order valence-corrected chi connectivity index (χ3v) is 4.43. The van der Waals surface area contributed by atoms with Crippen molar-refractivity contribution in [3.8, 4) is 0 Å². The Morgan fingerprint density at radius 2 is 1.93 bits per heavy atom. The molecule has 15 heavy (non-hydrogen) atoms. The lowest BCUT2D eigenvalue weighted by Gasteiger charge is -2.41. The summed E-state index contributed by atoms with van der Waals surface area (Å²) in [6.07, 6.45) is 9.13. The van der Waals surface area contributed by atoms with Gasteiger partial charge in [-0.1, -0.05) is 12.8 Å². The van der Waals surface area contributed by atoms with Crippen molar-refractivity contribution in [3.05, 3.63) is 0 Å². The Labute approximate surface area is 96.8 Å². The number of nitrogens with one attached hydrogen (secondary N) is 1. The van der Waals surface area contributed by atoms with Crippen molar-refractivity contribution in [2.75, 3.05) is 5.88 Å². The minimum atomic E-state index is -0.0444. The van der Waals surface area contributed by atoms with Gasteiger partial charge in [0.1, 0.15) is 0 Å². The molecule has 2 fully saturated rings. The van der Waals surface area contributed by atoms with E-state index in [0.29, 0.717) is 11.8 Å². The van der Waals surface area contributed by atoms with Crippen LogP contribution in [0.4, 0.5) is 0 Å². The zero-order chi connectivity index (χ0) is 10.7. The van der Waals surface area contributed by atoms with Crippen molar-refractivity contribution >= 4 is 17.5 Å². The van der Waals surface area contributed by atoms with Crippen LogP contribution in [0.3, 0.4) is 0 Å². The molecule has 0 saturated heterocycles. The van der Waals surface area contributed by atoms with Crippen LogP contribution in [0.25, 0.3) is 0 Å². The highest BCUT2D eigenvalue weighted by atomic mass is 35.5. The summed E-state index contributed by atoms with van der Waals surface area (Å²) in [5, 5.41) is 3.14. The second-order valence-corrected chi connectivity index (χ2v) is 5.44. The molecule has 86 valence electrons. The van der Waals surface area contributed by atoms with Gasteiger partial charge in [-0.3, -0.25) is 4.79 Å². The summed E-state index contributed by atoms with van der Waals surface area (Å²) in [7, 11) is 0. The Balaban J connectivity index is 1.76. The highest BCUT2D eigenvalue weighted by Gasteiger charge is 2.37. The predicted octanol–water partition coefficient (Wildman–Crippen LogP) is 2.84. The van der Waals surface area contributed by atoms with E-state index < -0.39 is 0 Å². The molecule has 0 bridgehead atoms. The molecule has 2 saturated carbocycles. The first kappa shape index (κ1) is 11.3. The summed E-state index contributed by atoms with van der Waals surface area (Å²) in [6, 6.07) is 0. The first-order chi connectivity index (χ1) is 7.24. The molecular formula is C12H20ClNO. The second-order valence-electron chi connectivity index (χ2n) is 5.17. The maximum Gasteiger partial charge on any atom is 0.220 e. The summed E-state index contributed by atoms with van der Waals surface area (Å²) in [5.74, 6) is 1.43. The topological polar surface area (TPSA) is 29.1 Å². The average Bonchev–Trinajstić information content (AvgIpc) is 2.64. The fourth-order valence-corrected chi connectivity index (χ4v) is 3.05. The third kappa shape index (κ3) is 2.66. The molecule has 0 aromatic heterocycles. The van der Waals surface area contributed by atoms with E-state index in [-0.39, 0.29) is 11.4 Å². The standard InChI is InChI=1S/C12H20ClNO/c13-9-12(6-3-7-12)14-11(15)8-10-4-1-2-5-10/h10H,1-9H2,(H,14,15). The van der Waals surface area contributed by atoms with Crippen LogP contribution >= 0.6 is 11.6 Å². The summed E-state index contributed by atoms with van der Waals surface area (Å²) in [6.45, 7) is 0. The SMILES string of the molecule is O=C(CC1CCCC1)NC1(CCl)CCC1. The van der Waals surface area contributed by atoms with Crippen LogP contribution in [-0.4, -0.2) is 17.3 Å². The van der Waals surface area contributed by atoms with Crippen LogP contribution in [0.15, 0.2) is 0 Å². The van der Waals surface area contributed by atoms with Crippen molar-refractivity contribution in [2.24, 2.45) is 5.92 Å². The average molecular weight is 230 g/mol. The fraction of sp³-hybridized carbons (Fsp3) is 0.917. The van der Waals surface area contributed by atoms with Gasteiger partial charge in [0.15, 0.2) is 0 Å². The summed E-state index contributed by atoms with van der Waals surface area (Å²) in [4.78, 5) is 11.8. The number of hydrogen-bond acceptors (Lipinski definition) is 1. The van der Waals surface area contributed by atoms with Gasteiger partial charge in [-0.05, 0) is 38.0 Å². The molecule has 0 aliphatic heterocycles. The quantitative estimate of drug-likeness (QED) is 0.738. The molecule has 0 aromatic carbocycles. The van der Waals surface area contributed by atoms with Gasteiger partial charge < -0.3 is 5.32 Å². The summed E-state index contributed by atoms with van der Waals surface area (Å²) >= 11 is 5.91. The zero-order valence-corrected chi connectivity index (χ0v) is 9.98. The van der Waals surface area contributed by atoms with Gasteiger partial charge in [0.2, 0.25) is 5.91 Å². The number of hydrogen-bond donors (Lipinski definition) is 1. The molecule has 1 amide bonds. The van der Waals surface area contributed by atoms with Crippen LogP contribution in [0, 0.1) is 5.92 Å². The van der Waals surface area contributed by atoms with E-state index in [0.717, 1.165) is 19.3 Å². The molecule has 0 radical (unpaired) electrons. The molecule has 0 unspecified atom stereocenters. The first-order valence-electron chi connectivity index (χ1n) is 6.11. The Morgan fingerprint density at radius 3 is 2.40 bits per heavy atom. The van der Waals surface area contributed by atoms with E-state index in [1.54, 1.807) is 0 Å². The highest BCUT2D eigenvalue weighted by Crippen LogP contribution is 2.34. The summed E-state index contributed by atoms with van der Waals surface area (Å²) < 4.78 is 0. The largest absolute Gasteiger partial charge is 0.349 e. The molecule has 2 nitrogen and oxygen atoms in total.